The van der Waals surface area contributed by atoms with Crippen LogP contribution in [0.5, 0.6) is 0 Å². The molecule has 0 spiro atoms. The molecule has 0 aliphatic carbocycles. The van der Waals surface area contributed by atoms with Crippen molar-refractivity contribution in [1.29, 1.82) is 0 Å². The van der Waals surface area contributed by atoms with Gasteiger partial charge in [0, 0.05) is 11.4 Å². The molecule has 0 saturated heterocycles. The summed E-state index contributed by atoms with van der Waals surface area (Å²) in [5.74, 6) is -1.33. The Balaban J connectivity index is 2.19. The first-order valence-corrected chi connectivity index (χ1v) is 7.91. The zero-order valence-electron chi connectivity index (χ0n) is 9.85. The normalized spacial score (nSPS) is 12.9. The van der Waals surface area contributed by atoms with E-state index in [1.165, 1.54) is 18.2 Å². The molecule has 5 nitrogen and oxygen atoms in total. The lowest BCUT2D eigenvalue weighted by molar-refractivity contribution is -0.0326. The van der Waals surface area contributed by atoms with Crippen molar-refractivity contribution < 1.29 is 26.0 Å². The van der Waals surface area contributed by atoms with Crippen molar-refractivity contribution in [2.75, 3.05) is 17.2 Å². The Hall–Kier alpha value is -1.42. The van der Waals surface area contributed by atoms with E-state index in [1.54, 1.807) is 0 Å². The second-order valence-corrected chi connectivity index (χ2v) is 6.97. The van der Waals surface area contributed by atoms with Crippen molar-refractivity contribution in [1.82, 2.24) is 4.98 Å². The third kappa shape index (κ3) is 3.57. The third-order valence-corrected chi connectivity index (χ3v) is 4.72. The molecule has 2 N–H and O–H groups in total. The van der Waals surface area contributed by atoms with Crippen LogP contribution in [0.15, 0.2) is 27.8 Å². The minimum atomic E-state index is -4.47. The lowest BCUT2D eigenvalue weighted by atomic mass is 10.3. The molecule has 0 amide bonds. The van der Waals surface area contributed by atoms with Gasteiger partial charge >= 0.3 is 10.7 Å². The predicted molar refractivity (Wildman–Crippen MR) is 69.0 cm³/mol. The SMILES string of the molecule is Nc1ccc2oc(S(=O)(=O)CCSC(F)(F)F)nc2c1. The van der Waals surface area contributed by atoms with Gasteiger partial charge in [0.1, 0.15) is 5.52 Å². The van der Waals surface area contributed by atoms with Crippen molar-refractivity contribution in [2.45, 2.75) is 10.7 Å². The quantitative estimate of drug-likeness (QED) is 0.869. The summed E-state index contributed by atoms with van der Waals surface area (Å²) in [5, 5.41) is -0.596. The van der Waals surface area contributed by atoms with E-state index < -0.39 is 43.8 Å². The highest BCUT2D eigenvalue weighted by atomic mass is 32.2. The topological polar surface area (TPSA) is 86.2 Å². The number of nitrogens with two attached hydrogens (primary N) is 1. The van der Waals surface area contributed by atoms with Crippen molar-refractivity contribution in [3.63, 3.8) is 0 Å². The Morgan fingerprint density at radius 3 is 2.70 bits per heavy atom. The molecule has 0 saturated carbocycles. The smallest absolute Gasteiger partial charge is 0.428 e. The van der Waals surface area contributed by atoms with Crippen molar-refractivity contribution in [3.8, 4) is 0 Å². The van der Waals surface area contributed by atoms with Crippen LogP contribution >= 0.6 is 11.8 Å². The number of fused-ring (bicyclic) bond motifs is 1. The van der Waals surface area contributed by atoms with Gasteiger partial charge in [0.25, 0.3) is 0 Å². The lowest BCUT2D eigenvalue weighted by Gasteiger charge is -2.04. The molecule has 20 heavy (non-hydrogen) atoms. The average Bonchev–Trinajstić information content (AvgIpc) is 2.70. The fourth-order valence-electron chi connectivity index (χ4n) is 1.41. The highest BCUT2D eigenvalue weighted by molar-refractivity contribution is 8.01. The summed E-state index contributed by atoms with van der Waals surface area (Å²) in [4.78, 5) is 3.74. The van der Waals surface area contributed by atoms with Crippen LogP contribution in [0.2, 0.25) is 0 Å². The summed E-state index contributed by atoms with van der Waals surface area (Å²) in [6.45, 7) is 0. The minimum Gasteiger partial charge on any atom is -0.428 e. The molecule has 0 radical (unpaired) electrons. The number of aromatic nitrogens is 1. The Morgan fingerprint density at radius 2 is 2.05 bits per heavy atom. The van der Waals surface area contributed by atoms with Gasteiger partial charge in [0.15, 0.2) is 5.58 Å². The van der Waals surface area contributed by atoms with E-state index in [1.807, 2.05) is 0 Å². The van der Waals surface area contributed by atoms with Gasteiger partial charge in [-0.15, -0.1) is 0 Å². The van der Waals surface area contributed by atoms with E-state index in [9.17, 15) is 21.6 Å². The Kier molecular flexibility index (Phi) is 3.87. The Bertz CT molecular complexity index is 725. The van der Waals surface area contributed by atoms with Crippen LogP contribution in [0.1, 0.15) is 0 Å². The molecule has 0 atom stereocenters. The van der Waals surface area contributed by atoms with Crippen LogP contribution < -0.4 is 5.73 Å². The molecule has 2 rings (SSSR count). The molecule has 1 aromatic heterocycles. The predicted octanol–water partition coefficient (Wildman–Crippen LogP) is 2.44. The van der Waals surface area contributed by atoms with Gasteiger partial charge in [-0.2, -0.15) is 18.2 Å². The first-order chi connectivity index (χ1) is 9.17. The number of anilines is 1. The maximum Gasteiger partial charge on any atom is 0.441 e. The first kappa shape index (κ1) is 15.0. The van der Waals surface area contributed by atoms with E-state index in [0.29, 0.717) is 5.69 Å². The number of nitrogen functional groups attached to an aromatic ring is 1. The minimum absolute atomic E-state index is 0.209. The monoisotopic (exact) mass is 326 g/mol. The van der Waals surface area contributed by atoms with Crippen LogP contribution in [0.25, 0.3) is 11.1 Å². The van der Waals surface area contributed by atoms with Gasteiger partial charge in [-0.05, 0) is 30.0 Å². The highest BCUT2D eigenvalue weighted by Gasteiger charge is 2.30. The van der Waals surface area contributed by atoms with E-state index in [4.69, 9.17) is 10.2 Å². The van der Waals surface area contributed by atoms with E-state index in [2.05, 4.69) is 4.98 Å². The Morgan fingerprint density at radius 1 is 1.35 bits per heavy atom. The first-order valence-electron chi connectivity index (χ1n) is 5.27. The van der Waals surface area contributed by atoms with Crippen LogP contribution in [0.3, 0.4) is 0 Å². The standard InChI is InChI=1S/C10H9F3N2O3S2/c11-10(12,13)19-3-4-20(16,17)9-15-7-5-6(14)1-2-8(7)18-9/h1-2,5H,3-4,14H2. The van der Waals surface area contributed by atoms with Gasteiger partial charge in [-0.25, -0.2) is 8.42 Å². The molecule has 0 aliphatic rings. The Labute approximate surface area is 116 Å². The number of rotatable bonds is 4. The van der Waals surface area contributed by atoms with Gasteiger partial charge in [-0.3, -0.25) is 0 Å². The lowest BCUT2D eigenvalue weighted by Crippen LogP contribution is -2.12. The summed E-state index contributed by atoms with van der Waals surface area (Å²) in [6, 6.07) is 4.37. The molecule has 2 aromatic rings. The van der Waals surface area contributed by atoms with Gasteiger partial charge in [0.05, 0.1) is 5.75 Å². The maximum absolute atomic E-state index is 12.0. The van der Waals surface area contributed by atoms with Crippen LogP contribution in [-0.2, 0) is 9.84 Å². The number of benzene rings is 1. The summed E-state index contributed by atoms with van der Waals surface area (Å²) in [6.07, 6.45) is 0. The number of oxazole rings is 1. The molecule has 0 fully saturated rings. The van der Waals surface area contributed by atoms with E-state index in [-0.39, 0.29) is 11.1 Å². The average molecular weight is 326 g/mol. The van der Waals surface area contributed by atoms with Gasteiger partial charge < -0.3 is 10.2 Å². The number of halogens is 3. The van der Waals surface area contributed by atoms with Crippen LogP contribution in [0, 0.1) is 0 Å². The van der Waals surface area contributed by atoms with Crippen LogP contribution in [0.4, 0.5) is 18.9 Å². The molecule has 1 heterocycles. The number of alkyl halides is 3. The third-order valence-electron chi connectivity index (χ3n) is 2.28. The summed E-state index contributed by atoms with van der Waals surface area (Å²) in [5.41, 5.74) is 1.87. The molecular formula is C10H9F3N2O3S2. The molecule has 1 aromatic carbocycles. The fourth-order valence-corrected chi connectivity index (χ4v) is 3.48. The second-order valence-electron chi connectivity index (χ2n) is 3.82. The summed E-state index contributed by atoms with van der Waals surface area (Å²) < 4.78 is 64.5. The second kappa shape index (κ2) is 5.17. The molecule has 0 bridgehead atoms. The largest absolute Gasteiger partial charge is 0.441 e. The summed E-state index contributed by atoms with van der Waals surface area (Å²) in [7, 11) is -4.00. The number of thioether (sulfide) groups is 1. The number of nitrogens with zero attached hydrogens (tertiary/aromatic N) is 1. The zero-order chi connectivity index (χ0) is 15.0. The fraction of sp³-hybridized carbons (Fsp3) is 0.300. The van der Waals surface area contributed by atoms with E-state index >= 15 is 0 Å². The van der Waals surface area contributed by atoms with Crippen molar-refractivity contribution >= 4 is 38.4 Å². The van der Waals surface area contributed by atoms with Gasteiger partial charge in [-0.1, -0.05) is 0 Å². The summed E-state index contributed by atoms with van der Waals surface area (Å²) >= 11 is -0.404. The molecule has 0 unspecified atom stereocenters. The van der Waals surface area contributed by atoms with Gasteiger partial charge in [0.2, 0.25) is 9.84 Å². The van der Waals surface area contributed by atoms with Crippen molar-refractivity contribution in [3.05, 3.63) is 18.2 Å². The molecule has 0 aliphatic heterocycles. The number of sulfone groups is 1. The van der Waals surface area contributed by atoms with E-state index in [0.717, 1.165) is 0 Å². The molecular weight excluding hydrogens is 317 g/mol. The maximum atomic E-state index is 12.0. The number of hydrogen-bond acceptors (Lipinski definition) is 6. The number of hydrogen-bond donors (Lipinski definition) is 1. The molecule has 10 heteroatoms. The molecule has 110 valence electrons. The van der Waals surface area contributed by atoms with Crippen molar-refractivity contribution in [2.24, 2.45) is 0 Å². The zero-order valence-corrected chi connectivity index (χ0v) is 11.5. The van der Waals surface area contributed by atoms with Crippen LogP contribution in [-0.4, -0.2) is 30.4 Å². The highest BCUT2D eigenvalue weighted by Crippen LogP contribution is 2.30.